The summed E-state index contributed by atoms with van der Waals surface area (Å²) in [5.74, 6) is 0. The van der Waals surface area contributed by atoms with Crippen molar-refractivity contribution in [3.05, 3.63) is 20.3 Å². The number of thiophene rings is 1. The Hall–Kier alpha value is 0.200. The molecule has 1 nitrogen and oxygen atoms in total. The molecule has 4 heteroatoms. The van der Waals surface area contributed by atoms with Gasteiger partial charge in [-0.3, -0.25) is 4.79 Å². The number of hydrogen-bond acceptors (Lipinski definition) is 2. The Labute approximate surface area is 77.0 Å². The lowest BCUT2D eigenvalue weighted by Gasteiger charge is -1.85. The van der Waals surface area contributed by atoms with Gasteiger partial charge in [-0.25, -0.2) is 0 Å². The molecular weight excluding hydrogens is 232 g/mol. The summed E-state index contributed by atoms with van der Waals surface area (Å²) < 4.78 is 0.843. The fourth-order valence-corrected chi connectivity index (χ4v) is 2.70. The van der Waals surface area contributed by atoms with Crippen molar-refractivity contribution in [2.45, 2.75) is 6.92 Å². The van der Waals surface area contributed by atoms with Crippen LogP contribution in [0, 0.1) is 6.92 Å². The second kappa shape index (κ2) is 3.07. The molecule has 0 aliphatic heterocycles. The normalized spacial score (nSPS) is 9.90. The molecule has 0 fully saturated rings. The highest BCUT2D eigenvalue weighted by molar-refractivity contribution is 9.10. The van der Waals surface area contributed by atoms with Gasteiger partial charge in [-0.05, 0) is 28.9 Å². The Morgan fingerprint density at radius 1 is 1.80 bits per heavy atom. The van der Waals surface area contributed by atoms with Crippen LogP contribution in [0.3, 0.4) is 0 Å². The highest BCUT2D eigenvalue weighted by Crippen LogP contribution is 2.27. The predicted octanol–water partition coefficient (Wildman–Crippen LogP) is 2.89. The molecule has 0 N–H and O–H groups in total. The Balaban J connectivity index is 3.15. The monoisotopic (exact) mass is 236 g/mol. The van der Waals surface area contributed by atoms with Gasteiger partial charge in [0, 0.05) is 9.35 Å². The Morgan fingerprint density at radius 3 is 2.60 bits per heavy atom. The maximum atomic E-state index is 10.7. The zero-order chi connectivity index (χ0) is 7.72. The molecule has 1 aromatic rings. The minimum Gasteiger partial charge on any atom is -0.281 e. The molecule has 0 bridgehead atoms. The summed E-state index contributed by atoms with van der Waals surface area (Å²) in [5, 5.41) is -0.176. The molecule has 1 aromatic heterocycles. The van der Waals surface area contributed by atoms with E-state index in [1.165, 1.54) is 11.3 Å². The van der Waals surface area contributed by atoms with Gasteiger partial charge >= 0.3 is 0 Å². The highest BCUT2D eigenvalue weighted by atomic mass is 79.9. The van der Waals surface area contributed by atoms with Crippen LogP contribution in [0.2, 0.25) is 0 Å². The van der Waals surface area contributed by atoms with Crippen molar-refractivity contribution in [2.75, 3.05) is 0 Å². The molecule has 1 heterocycles. The van der Waals surface area contributed by atoms with Crippen molar-refractivity contribution in [3.8, 4) is 0 Å². The van der Waals surface area contributed by atoms with Gasteiger partial charge in [0.15, 0.2) is 0 Å². The van der Waals surface area contributed by atoms with Crippen LogP contribution >= 0.6 is 39.9 Å². The molecule has 0 aliphatic rings. The van der Waals surface area contributed by atoms with Crippen molar-refractivity contribution in [1.82, 2.24) is 0 Å². The largest absolute Gasteiger partial charge is 0.281 e. The summed E-state index contributed by atoms with van der Waals surface area (Å²) in [6.45, 7) is 1.95. The molecule has 0 atom stereocenters. The van der Waals surface area contributed by atoms with Crippen LogP contribution in [0.15, 0.2) is 10.5 Å². The maximum absolute atomic E-state index is 10.7. The number of aryl methyl sites for hydroxylation is 1. The summed E-state index contributed by atoms with van der Waals surface area (Å²) in [7, 11) is 0. The predicted molar refractivity (Wildman–Crippen MR) is 50.1 cm³/mol. The lowest BCUT2D eigenvalue weighted by Crippen LogP contribution is -1.81. The Morgan fingerprint density at radius 2 is 2.40 bits per heavy atom. The third kappa shape index (κ3) is 1.62. The van der Waals surface area contributed by atoms with E-state index in [1.807, 2.05) is 13.0 Å². The lowest BCUT2D eigenvalue weighted by atomic mass is 10.4. The fraction of sp³-hybridized carbons (Fsp3) is 0.167. The fourth-order valence-electron chi connectivity index (χ4n) is 0.629. The number of halogens is 1. The summed E-state index contributed by atoms with van der Waals surface area (Å²) in [4.78, 5) is 12.5. The number of carbonyl (C=O) groups excluding carboxylic acids is 1. The lowest BCUT2D eigenvalue weighted by molar-refractivity contribution is 0.109. The smallest absolute Gasteiger partial charge is 0.227 e. The molecule has 0 spiro atoms. The average Bonchev–Trinajstić information content (AvgIpc) is 2.10. The van der Waals surface area contributed by atoms with Crippen LogP contribution in [0.1, 0.15) is 14.5 Å². The van der Waals surface area contributed by atoms with Crippen LogP contribution in [0.5, 0.6) is 0 Å². The van der Waals surface area contributed by atoms with E-state index in [4.69, 9.17) is 0 Å². The summed E-state index contributed by atoms with van der Waals surface area (Å²) >= 11 is 8.42. The van der Waals surface area contributed by atoms with Gasteiger partial charge < -0.3 is 0 Å². The van der Waals surface area contributed by atoms with Crippen molar-refractivity contribution >= 4 is 45.0 Å². The van der Waals surface area contributed by atoms with Crippen molar-refractivity contribution in [1.29, 1.82) is 0 Å². The Bertz CT molecular complexity index is 267. The molecule has 10 heavy (non-hydrogen) atoms. The first-order chi connectivity index (χ1) is 4.61. The quantitative estimate of drug-likeness (QED) is 0.743. The topological polar surface area (TPSA) is 17.1 Å². The zero-order valence-electron chi connectivity index (χ0n) is 5.22. The van der Waals surface area contributed by atoms with E-state index in [2.05, 4.69) is 28.6 Å². The van der Waals surface area contributed by atoms with Crippen LogP contribution < -0.4 is 0 Å². The van der Waals surface area contributed by atoms with Crippen LogP contribution in [0.25, 0.3) is 0 Å². The van der Waals surface area contributed by atoms with Gasteiger partial charge in [-0.2, -0.15) is 0 Å². The molecule has 0 saturated carbocycles. The van der Waals surface area contributed by atoms with Gasteiger partial charge in [0.25, 0.3) is 0 Å². The van der Waals surface area contributed by atoms with Crippen LogP contribution in [0.4, 0.5) is 0 Å². The second-order valence-corrected chi connectivity index (χ2v) is 4.36. The first kappa shape index (κ1) is 8.30. The highest BCUT2D eigenvalue weighted by Gasteiger charge is 2.08. The number of carbonyl (C=O) groups is 1. The van der Waals surface area contributed by atoms with Crippen molar-refractivity contribution in [2.24, 2.45) is 0 Å². The molecule has 0 aliphatic carbocycles. The SMILES string of the molecule is Cc1cc(Br)c(C(=O)S)s1. The Kier molecular flexibility index (Phi) is 2.55. The van der Waals surface area contributed by atoms with E-state index in [9.17, 15) is 4.79 Å². The summed E-state index contributed by atoms with van der Waals surface area (Å²) in [5.41, 5.74) is 0. The van der Waals surface area contributed by atoms with Crippen LogP contribution in [-0.2, 0) is 0 Å². The van der Waals surface area contributed by atoms with Gasteiger partial charge in [0.05, 0.1) is 4.88 Å². The van der Waals surface area contributed by atoms with Gasteiger partial charge in [-0.15, -0.1) is 11.3 Å². The zero-order valence-corrected chi connectivity index (χ0v) is 8.52. The third-order valence-corrected chi connectivity index (χ3v) is 3.32. The van der Waals surface area contributed by atoms with E-state index < -0.39 is 0 Å². The van der Waals surface area contributed by atoms with E-state index >= 15 is 0 Å². The summed E-state index contributed by atoms with van der Waals surface area (Å²) in [6.07, 6.45) is 0. The molecule has 54 valence electrons. The second-order valence-electron chi connectivity index (χ2n) is 1.84. The molecule has 0 amide bonds. The molecule has 0 aromatic carbocycles. The molecular formula is C6H5BrOS2. The third-order valence-electron chi connectivity index (χ3n) is 1.00. The maximum Gasteiger partial charge on any atom is 0.227 e. The first-order valence-electron chi connectivity index (χ1n) is 2.60. The number of thiol groups is 1. The van der Waals surface area contributed by atoms with E-state index in [0.29, 0.717) is 4.88 Å². The summed E-state index contributed by atoms with van der Waals surface area (Å²) in [6, 6.07) is 1.91. The average molecular weight is 237 g/mol. The van der Waals surface area contributed by atoms with Crippen molar-refractivity contribution < 1.29 is 4.79 Å². The molecule has 0 radical (unpaired) electrons. The molecule has 1 rings (SSSR count). The standard InChI is InChI=1S/C6H5BrOS2/c1-3-2-4(7)5(10-3)6(8)9/h2H,1H3,(H,8,9). The van der Waals surface area contributed by atoms with Gasteiger partial charge in [-0.1, -0.05) is 12.6 Å². The van der Waals surface area contributed by atoms with Gasteiger partial charge in [0.1, 0.15) is 0 Å². The van der Waals surface area contributed by atoms with Gasteiger partial charge in [0.2, 0.25) is 5.12 Å². The molecule has 0 saturated heterocycles. The van der Waals surface area contributed by atoms with E-state index in [0.717, 1.165) is 9.35 Å². The number of hydrogen-bond donors (Lipinski definition) is 1. The first-order valence-corrected chi connectivity index (χ1v) is 4.66. The number of rotatable bonds is 1. The van der Waals surface area contributed by atoms with E-state index in [-0.39, 0.29) is 5.12 Å². The minimum absolute atomic E-state index is 0.176. The van der Waals surface area contributed by atoms with E-state index in [1.54, 1.807) is 0 Å². The minimum atomic E-state index is -0.176. The van der Waals surface area contributed by atoms with Crippen LogP contribution in [-0.4, -0.2) is 5.12 Å². The molecule has 0 unspecified atom stereocenters. The van der Waals surface area contributed by atoms with Crippen molar-refractivity contribution in [3.63, 3.8) is 0 Å².